The number of benzene rings is 2. The summed E-state index contributed by atoms with van der Waals surface area (Å²) < 4.78 is 6.54. The summed E-state index contributed by atoms with van der Waals surface area (Å²) in [5, 5.41) is 16.1. The molecule has 29 heavy (non-hydrogen) atoms. The molecule has 0 radical (unpaired) electrons. The van der Waals surface area contributed by atoms with Crippen LogP contribution in [0.2, 0.25) is 5.02 Å². The zero-order valence-electron chi connectivity index (χ0n) is 14.7. The van der Waals surface area contributed by atoms with Crippen molar-refractivity contribution in [3.05, 3.63) is 81.9 Å². The van der Waals surface area contributed by atoms with Gasteiger partial charge < -0.3 is 14.3 Å². The standard InChI is InChI=1S/C21H13ClN2O4S/c22-18-15-6-1-2-7-17(15)29-19(18)20(25)24-23-11-14-8-9-16(28-14)12-4-3-5-13(10-12)21(26)27/h1-11H,(H,24,25)(H,26,27)/p-1/b23-11-. The zero-order valence-corrected chi connectivity index (χ0v) is 16.3. The molecule has 0 bridgehead atoms. The highest BCUT2D eigenvalue weighted by Gasteiger charge is 2.16. The zero-order chi connectivity index (χ0) is 20.4. The molecule has 1 N–H and O–H groups in total. The van der Waals surface area contributed by atoms with Crippen molar-refractivity contribution in [2.45, 2.75) is 0 Å². The van der Waals surface area contributed by atoms with Gasteiger partial charge in [0.15, 0.2) is 0 Å². The van der Waals surface area contributed by atoms with Crippen LogP contribution in [0.1, 0.15) is 25.8 Å². The van der Waals surface area contributed by atoms with Gasteiger partial charge in [0.25, 0.3) is 5.91 Å². The number of thiophene rings is 1. The first-order valence-electron chi connectivity index (χ1n) is 8.45. The van der Waals surface area contributed by atoms with Crippen LogP contribution in [0.4, 0.5) is 0 Å². The van der Waals surface area contributed by atoms with Crippen LogP contribution in [-0.4, -0.2) is 18.1 Å². The number of nitrogens with zero attached hydrogens (tertiary/aromatic N) is 1. The number of furan rings is 1. The van der Waals surface area contributed by atoms with Crippen LogP contribution >= 0.6 is 22.9 Å². The third-order valence-electron chi connectivity index (χ3n) is 4.11. The molecule has 2 heterocycles. The SMILES string of the molecule is O=C([O-])c1cccc(-c2ccc(/C=N\NC(=O)c3sc4ccccc4c3Cl)o2)c1. The Balaban J connectivity index is 1.47. The number of nitrogens with one attached hydrogen (secondary N) is 1. The molecule has 0 saturated heterocycles. The summed E-state index contributed by atoms with van der Waals surface area (Å²) in [4.78, 5) is 23.7. The summed E-state index contributed by atoms with van der Waals surface area (Å²) in [5.41, 5.74) is 3.08. The summed E-state index contributed by atoms with van der Waals surface area (Å²) in [5.74, 6) is -0.821. The maximum Gasteiger partial charge on any atom is 0.283 e. The Morgan fingerprint density at radius 2 is 1.93 bits per heavy atom. The molecule has 0 unspecified atom stereocenters. The molecule has 0 saturated carbocycles. The quantitative estimate of drug-likeness (QED) is 0.388. The predicted octanol–water partition coefficient (Wildman–Crippen LogP) is 3.94. The molecule has 0 aliphatic rings. The van der Waals surface area contributed by atoms with Gasteiger partial charge in [0, 0.05) is 15.6 Å². The van der Waals surface area contributed by atoms with Gasteiger partial charge in [0.05, 0.1) is 17.2 Å². The Morgan fingerprint density at radius 1 is 1.10 bits per heavy atom. The van der Waals surface area contributed by atoms with E-state index in [1.54, 1.807) is 24.3 Å². The number of amides is 1. The molecule has 8 heteroatoms. The molecular weight excluding hydrogens is 412 g/mol. The average molecular weight is 424 g/mol. The van der Waals surface area contributed by atoms with E-state index in [0.717, 1.165) is 10.1 Å². The lowest BCUT2D eigenvalue weighted by Crippen LogP contribution is -2.22. The van der Waals surface area contributed by atoms with E-state index in [1.165, 1.54) is 29.7 Å². The van der Waals surface area contributed by atoms with E-state index in [2.05, 4.69) is 10.5 Å². The van der Waals surface area contributed by atoms with Gasteiger partial charge in [0.2, 0.25) is 0 Å². The topological polar surface area (TPSA) is 94.7 Å². The molecule has 2 aromatic heterocycles. The Labute approximate surface area is 174 Å². The minimum atomic E-state index is -1.26. The lowest BCUT2D eigenvalue weighted by molar-refractivity contribution is -0.255. The number of carboxylic acid groups (broad SMARTS) is 1. The van der Waals surface area contributed by atoms with Crippen LogP contribution in [0.15, 0.2) is 70.2 Å². The molecule has 1 amide bonds. The number of rotatable bonds is 5. The van der Waals surface area contributed by atoms with E-state index in [1.807, 2.05) is 24.3 Å². The summed E-state index contributed by atoms with van der Waals surface area (Å²) in [6, 6.07) is 17.1. The van der Waals surface area contributed by atoms with E-state index >= 15 is 0 Å². The second-order valence-corrected chi connectivity index (χ2v) is 7.44. The number of carbonyl (C=O) groups is 2. The molecule has 0 spiro atoms. The van der Waals surface area contributed by atoms with Gasteiger partial charge in [-0.25, -0.2) is 5.43 Å². The third-order valence-corrected chi connectivity index (χ3v) is 5.78. The minimum absolute atomic E-state index is 0.0570. The number of fused-ring (bicyclic) bond motifs is 1. The van der Waals surface area contributed by atoms with Crippen molar-refractivity contribution in [2.24, 2.45) is 5.10 Å². The molecular formula is C21H12ClN2O4S-. The number of halogens is 1. The van der Waals surface area contributed by atoms with Gasteiger partial charge >= 0.3 is 0 Å². The predicted molar refractivity (Wildman–Crippen MR) is 110 cm³/mol. The van der Waals surface area contributed by atoms with Crippen molar-refractivity contribution in [3.8, 4) is 11.3 Å². The van der Waals surface area contributed by atoms with Crippen molar-refractivity contribution < 1.29 is 19.1 Å². The lowest BCUT2D eigenvalue weighted by Gasteiger charge is -2.03. The van der Waals surface area contributed by atoms with Crippen LogP contribution in [0.3, 0.4) is 0 Å². The smallest absolute Gasteiger partial charge is 0.283 e. The molecule has 0 fully saturated rings. The Morgan fingerprint density at radius 3 is 2.72 bits per heavy atom. The monoisotopic (exact) mass is 423 g/mol. The van der Waals surface area contributed by atoms with E-state index in [-0.39, 0.29) is 5.56 Å². The lowest BCUT2D eigenvalue weighted by atomic mass is 10.1. The Bertz CT molecular complexity index is 1260. The van der Waals surface area contributed by atoms with Gasteiger partial charge in [-0.05, 0) is 29.8 Å². The van der Waals surface area contributed by atoms with Crippen molar-refractivity contribution in [1.82, 2.24) is 5.43 Å². The molecule has 0 atom stereocenters. The summed E-state index contributed by atoms with van der Waals surface area (Å²) in [7, 11) is 0. The van der Waals surface area contributed by atoms with Crippen LogP contribution in [0.5, 0.6) is 0 Å². The van der Waals surface area contributed by atoms with Crippen molar-refractivity contribution in [1.29, 1.82) is 0 Å². The molecule has 4 rings (SSSR count). The fourth-order valence-electron chi connectivity index (χ4n) is 2.74. The summed E-state index contributed by atoms with van der Waals surface area (Å²) >= 11 is 7.58. The Hall–Kier alpha value is -3.42. The summed E-state index contributed by atoms with van der Waals surface area (Å²) in [6.07, 6.45) is 1.35. The minimum Gasteiger partial charge on any atom is -0.545 e. The van der Waals surface area contributed by atoms with Crippen LogP contribution < -0.4 is 10.5 Å². The first-order valence-corrected chi connectivity index (χ1v) is 9.64. The van der Waals surface area contributed by atoms with Crippen molar-refractivity contribution >= 4 is 51.1 Å². The third kappa shape index (κ3) is 3.91. The first kappa shape index (κ1) is 18.9. The van der Waals surface area contributed by atoms with Crippen molar-refractivity contribution in [2.75, 3.05) is 0 Å². The summed E-state index contributed by atoms with van der Waals surface area (Å²) in [6.45, 7) is 0. The van der Waals surface area contributed by atoms with E-state index < -0.39 is 11.9 Å². The normalized spacial score (nSPS) is 11.2. The van der Waals surface area contributed by atoms with Crippen LogP contribution in [0, 0.1) is 0 Å². The number of carboxylic acids is 1. The number of hydrazone groups is 1. The van der Waals surface area contributed by atoms with Gasteiger partial charge in [-0.1, -0.05) is 48.0 Å². The molecule has 6 nitrogen and oxygen atoms in total. The maximum atomic E-state index is 12.4. The largest absolute Gasteiger partial charge is 0.545 e. The second-order valence-electron chi connectivity index (χ2n) is 6.01. The van der Waals surface area contributed by atoms with Gasteiger partial charge in [-0.2, -0.15) is 5.10 Å². The molecule has 2 aromatic carbocycles. The van der Waals surface area contributed by atoms with Crippen molar-refractivity contribution in [3.63, 3.8) is 0 Å². The number of aromatic carboxylic acids is 1. The number of carbonyl (C=O) groups excluding carboxylic acids is 2. The maximum absolute atomic E-state index is 12.4. The Kier molecular flexibility index (Phi) is 5.16. The van der Waals surface area contributed by atoms with E-state index in [4.69, 9.17) is 16.0 Å². The fourth-order valence-corrected chi connectivity index (χ4v) is 4.15. The first-order chi connectivity index (χ1) is 14.0. The second kappa shape index (κ2) is 7.90. The van der Waals surface area contributed by atoms with Gasteiger partial charge in [0.1, 0.15) is 16.4 Å². The highest BCUT2D eigenvalue weighted by Crippen LogP contribution is 2.34. The molecule has 0 aliphatic heterocycles. The molecule has 144 valence electrons. The molecule has 4 aromatic rings. The van der Waals surface area contributed by atoms with Crippen LogP contribution in [-0.2, 0) is 0 Å². The number of hydrogen-bond donors (Lipinski definition) is 1. The average Bonchev–Trinajstić information content (AvgIpc) is 3.33. The van der Waals surface area contributed by atoms with E-state index in [0.29, 0.717) is 27.0 Å². The highest BCUT2D eigenvalue weighted by atomic mass is 35.5. The van der Waals surface area contributed by atoms with Gasteiger partial charge in [-0.15, -0.1) is 11.3 Å². The number of hydrogen-bond acceptors (Lipinski definition) is 6. The van der Waals surface area contributed by atoms with E-state index in [9.17, 15) is 14.7 Å². The highest BCUT2D eigenvalue weighted by molar-refractivity contribution is 7.21. The molecule has 0 aliphatic carbocycles. The van der Waals surface area contributed by atoms with Gasteiger partial charge in [-0.3, -0.25) is 4.79 Å². The van der Waals surface area contributed by atoms with Crippen LogP contribution in [0.25, 0.3) is 21.4 Å². The fraction of sp³-hybridized carbons (Fsp3) is 0.